The Hall–Kier alpha value is -1.81. The van der Waals surface area contributed by atoms with E-state index < -0.39 is 0 Å². The fraction of sp³-hybridized carbons (Fsp3) is 0.375. The monoisotopic (exact) mass is 305 g/mol. The van der Waals surface area contributed by atoms with E-state index >= 15 is 0 Å². The zero-order valence-corrected chi connectivity index (χ0v) is 13.6. The number of ether oxygens (including phenoxy) is 1. The maximum Gasteiger partial charge on any atom is 0.133 e. The number of nitrogens with zero attached hydrogens (tertiary/aromatic N) is 2. The average molecular weight is 306 g/mol. The lowest BCUT2D eigenvalue weighted by Gasteiger charge is -2.15. The van der Waals surface area contributed by atoms with Crippen molar-refractivity contribution in [2.24, 2.45) is 0 Å². The first-order valence-corrected chi connectivity index (χ1v) is 7.43. The Kier molecular flexibility index (Phi) is 5.02. The van der Waals surface area contributed by atoms with Gasteiger partial charge in [-0.25, -0.2) is 9.97 Å². The molecule has 0 fully saturated rings. The molecule has 21 heavy (non-hydrogen) atoms. The molecule has 2 aromatic rings. The number of rotatable bonds is 5. The Balaban J connectivity index is 2.67. The molecule has 0 amide bonds. The summed E-state index contributed by atoms with van der Waals surface area (Å²) in [6.07, 6.45) is 0.772. The van der Waals surface area contributed by atoms with Crippen molar-refractivity contribution < 1.29 is 4.74 Å². The van der Waals surface area contributed by atoms with Gasteiger partial charge in [0.1, 0.15) is 17.4 Å². The van der Waals surface area contributed by atoms with E-state index in [4.69, 9.17) is 16.3 Å². The molecule has 0 aliphatic carbocycles. The molecule has 5 heteroatoms. The number of aryl methyl sites for hydroxylation is 1. The SMILES string of the molecule is CCNc1nc(CC)nc(-c2cc(Cl)ccc2OC)c1C. The lowest BCUT2D eigenvalue weighted by molar-refractivity contribution is 0.416. The van der Waals surface area contributed by atoms with Crippen molar-refractivity contribution in [2.45, 2.75) is 27.2 Å². The second-order valence-electron chi connectivity index (χ2n) is 4.69. The third-order valence-corrected chi connectivity index (χ3v) is 3.50. The highest BCUT2D eigenvalue weighted by molar-refractivity contribution is 6.31. The minimum Gasteiger partial charge on any atom is -0.496 e. The van der Waals surface area contributed by atoms with Gasteiger partial charge in [-0.15, -0.1) is 0 Å². The molecule has 0 saturated carbocycles. The van der Waals surface area contributed by atoms with Gasteiger partial charge in [-0.1, -0.05) is 18.5 Å². The Morgan fingerprint density at radius 2 is 2.00 bits per heavy atom. The van der Waals surface area contributed by atoms with Crippen LogP contribution in [0.2, 0.25) is 5.02 Å². The number of hydrogen-bond acceptors (Lipinski definition) is 4. The van der Waals surface area contributed by atoms with E-state index in [-0.39, 0.29) is 0 Å². The van der Waals surface area contributed by atoms with Crippen molar-refractivity contribution in [3.05, 3.63) is 34.6 Å². The summed E-state index contributed by atoms with van der Waals surface area (Å²) in [6, 6.07) is 5.55. The molecule has 0 saturated heterocycles. The summed E-state index contributed by atoms with van der Waals surface area (Å²) in [4.78, 5) is 9.21. The fourth-order valence-corrected chi connectivity index (χ4v) is 2.36. The first kappa shape index (κ1) is 15.6. The van der Waals surface area contributed by atoms with Crippen LogP contribution in [0.15, 0.2) is 18.2 Å². The van der Waals surface area contributed by atoms with Crippen molar-refractivity contribution in [3.63, 3.8) is 0 Å². The van der Waals surface area contributed by atoms with Gasteiger partial charge in [0, 0.05) is 29.1 Å². The van der Waals surface area contributed by atoms with Gasteiger partial charge in [0.2, 0.25) is 0 Å². The smallest absolute Gasteiger partial charge is 0.133 e. The maximum atomic E-state index is 6.14. The number of hydrogen-bond donors (Lipinski definition) is 1. The van der Waals surface area contributed by atoms with Crippen LogP contribution in [-0.4, -0.2) is 23.6 Å². The lowest BCUT2D eigenvalue weighted by atomic mass is 10.1. The molecule has 2 rings (SSSR count). The second-order valence-corrected chi connectivity index (χ2v) is 5.13. The molecule has 1 aromatic heterocycles. The van der Waals surface area contributed by atoms with Crippen LogP contribution in [-0.2, 0) is 6.42 Å². The third-order valence-electron chi connectivity index (χ3n) is 3.27. The Morgan fingerprint density at radius 1 is 1.24 bits per heavy atom. The summed E-state index contributed by atoms with van der Waals surface area (Å²) in [5, 5.41) is 3.95. The highest BCUT2D eigenvalue weighted by atomic mass is 35.5. The summed E-state index contributed by atoms with van der Waals surface area (Å²) in [6.45, 7) is 6.91. The number of halogens is 1. The van der Waals surface area contributed by atoms with Gasteiger partial charge < -0.3 is 10.1 Å². The first-order valence-electron chi connectivity index (χ1n) is 7.06. The molecular formula is C16H20ClN3O. The maximum absolute atomic E-state index is 6.14. The summed E-state index contributed by atoms with van der Waals surface area (Å²) in [5.74, 6) is 2.42. The quantitative estimate of drug-likeness (QED) is 0.903. The van der Waals surface area contributed by atoms with Crippen LogP contribution >= 0.6 is 11.6 Å². The number of anilines is 1. The molecule has 0 atom stereocenters. The second kappa shape index (κ2) is 6.76. The minimum absolute atomic E-state index is 0.659. The Labute approximate surface area is 130 Å². The number of nitrogens with one attached hydrogen (secondary N) is 1. The highest BCUT2D eigenvalue weighted by Crippen LogP contribution is 2.35. The fourth-order valence-electron chi connectivity index (χ4n) is 2.19. The average Bonchev–Trinajstić information content (AvgIpc) is 2.49. The van der Waals surface area contributed by atoms with Crippen molar-refractivity contribution in [2.75, 3.05) is 19.0 Å². The molecule has 1 N–H and O–H groups in total. The molecule has 0 spiro atoms. The van der Waals surface area contributed by atoms with Crippen LogP contribution in [0.1, 0.15) is 25.2 Å². The zero-order valence-electron chi connectivity index (χ0n) is 12.8. The normalized spacial score (nSPS) is 10.5. The highest BCUT2D eigenvalue weighted by Gasteiger charge is 2.15. The molecule has 0 bridgehead atoms. The van der Waals surface area contributed by atoms with Crippen molar-refractivity contribution in [3.8, 4) is 17.0 Å². The molecule has 4 nitrogen and oxygen atoms in total. The van der Waals surface area contributed by atoms with Crippen LogP contribution < -0.4 is 10.1 Å². The van der Waals surface area contributed by atoms with Gasteiger partial charge in [0.25, 0.3) is 0 Å². The molecule has 1 aromatic carbocycles. The minimum atomic E-state index is 0.659. The topological polar surface area (TPSA) is 47.0 Å². The van der Waals surface area contributed by atoms with Gasteiger partial charge in [-0.05, 0) is 32.0 Å². The molecule has 0 aliphatic rings. The van der Waals surface area contributed by atoms with Gasteiger partial charge in [0.05, 0.1) is 12.8 Å². The molecule has 0 unspecified atom stereocenters. The molecule has 0 radical (unpaired) electrons. The Bertz CT molecular complexity index is 644. The van der Waals surface area contributed by atoms with Crippen molar-refractivity contribution >= 4 is 17.4 Å². The van der Waals surface area contributed by atoms with Crippen LogP contribution in [0, 0.1) is 6.92 Å². The molecule has 112 valence electrons. The van der Waals surface area contributed by atoms with E-state index in [1.165, 1.54) is 0 Å². The number of benzene rings is 1. The van der Waals surface area contributed by atoms with E-state index in [1.807, 2.05) is 39.0 Å². The van der Waals surface area contributed by atoms with Crippen LogP contribution in [0.5, 0.6) is 5.75 Å². The largest absolute Gasteiger partial charge is 0.496 e. The number of aromatic nitrogens is 2. The predicted octanol–water partition coefficient (Wildman–Crippen LogP) is 4.11. The van der Waals surface area contributed by atoms with E-state index in [1.54, 1.807) is 7.11 Å². The van der Waals surface area contributed by atoms with Crippen molar-refractivity contribution in [1.82, 2.24) is 9.97 Å². The van der Waals surface area contributed by atoms with Gasteiger partial charge in [0.15, 0.2) is 0 Å². The van der Waals surface area contributed by atoms with E-state index in [9.17, 15) is 0 Å². The van der Waals surface area contributed by atoms with Crippen LogP contribution in [0.4, 0.5) is 5.82 Å². The van der Waals surface area contributed by atoms with Crippen molar-refractivity contribution in [1.29, 1.82) is 0 Å². The lowest BCUT2D eigenvalue weighted by Crippen LogP contribution is -2.08. The Morgan fingerprint density at radius 3 is 2.62 bits per heavy atom. The van der Waals surface area contributed by atoms with Gasteiger partial charge in [-0.3, -0.25) is 0 Å². The molecular weight excluding hydrogens is 286 g/mol. The van der Waals surface area contributed by atoms with E-state index in [0.29, 0.717) is 5.02 Å². The summed E-state index contributed by atoms with van der Waals surface area (Å²) in [5.41, 5.74) is 2.74. The third kappa shape index (κ3) is 3.27. The predicted molar refractivity (Wildman–Crippen MR) is 87.3 cm³/mol. The summed E-state index contributed by atoms with van der Waals surface area (Å²) >= 11 is 6.14. The van der Waals surface area contributed by atoms with Gasteiger partial charge >= 0.3 is 0 Å². The van der Waals surface area contributed by atoms with E-state index in [0.717, 1.165) is 47.2 Å². The van der Waals surface area contributed by atoms with E-state index in [2.05, 4.69) is 15.3 Å². The summed E-state index contributed by atoms with van der Waals surface area (Å²) in [7, 11) is 1.65. The standard InChI is InChI=1S/C16H20ClN3O/c1-5-14-19-15(10(3)16(20-14)18-6-2)12-9-11(17)7-8-13(12)21-4/h7-9H,5-6H2,1-4H3,(H,18,19,20). The first-order chi connectivity index (χ1) is 10.1. The van der Waals surface area contributed by atoms with Crippen LogP contribution in [0.3, 0.4) is 0 Å². The summed E-state index contributed by atoms with van der Waals surface area (Å²) < 4.78 is 5.44. The zero-order chi connectivity index (χ0) is 15.4. The molecule has 1 heterocycles. The van der Waals surface area contributed by atoms with Gasteiger partial charge in [-0.2, -0.15) is 0 Å². The molecule has 0 aliphatic heterocycles. The number of methoxy groups -OCH3 is 1. The van der Waals surface area contributed by atoms with Crippen LogP contribution in [0.25, 0.3) is 11.3 Å².